The van der Waals surface area contributed by atoms with Gasteiger partial charge < -0.3 is 10.5 Å². The minimum atomic E-state index is -3.77. The topological polar surface area (TPSA) is 72.6 Å². The van der Waals surface area contributed by atoms with Crippen LogP contribution in [0.15, 0.2) is 53.4 Å². The summed E-state index contributed by atoms with van der Waals surface area (Å²) in [6.07, 6.45) is 0.563. The number of nitrogens with zero attached hydrogens (tertiary/aromatic N) is 1. The summed E-state index contributed by atoms with van der Waals surface area (Å²) in [6.45, 7) is 0.991. The highest BCUT2D eigenvalue weighted by atomic mass is 35.5. The van der Waals surface area contributed by atoms with Crippen LogP contribution in [-0.4, -0.2) is 32.9 Å². The molecule has 0 atom stereocenters. The maximum atomic E-state index is 13.1. The predicted octanol–water partition coefficient (Wildman–Crippen LogP) is 3.31. The van der Waals surface area contributed by atoms with Crippen LogP contribution < -0.4 is 10.5 Å². The van der Waals surface area contributed by atoms with Gasteiger partial charge in [0.15, 0.2) is 0 Å². The number of sulfonamides is 1. The van der Waals surface area contributed by atoms with Crippen molar-refractivity contribution in [3.05, 3.63) is 59.1 Å². The molecule has 0 aliphatic heterocycles. The van der Waals surface area contributed by atoms with Crippen LogP contribution in [0.5, 0.6) is 5.75 Å². The lowest BCUT2D eigenvalue weighted by Gasteiger charge is -2.23. The molecule has 0 spiro atoms. The van der Waals surface area contributed by atoms with Gasteiger partial charge >= 0.3 is 0 Å². The highest BCUT2D eigenvalue weighted by Crippen LogP contribution is 2.29. The molecule has 0 unspecified atom stereocenters. The molecule has 0 amide bonds. The van der Waals surface area contributed by atoms with E-state index in [1.807, 2.05) is 30.3 Å². The zero-order valence-electron chi connectivity index (χ0n) is 13.9. The number of halogens is 2. The smallest absolute Gasteiger partial charge is 0.244 e. The summed E-state index contributed by atoms with van der Waals surface area (Å²) in [5, 5.41) is 0.168. The summed E-state index contributed by atoms with van der Waals surface area (Å²) in [5.74, 6) is 0.441. The van der Waals surface area contributed by atoms with Crippen molar-refractivity contribution in [2.24, 2.45) is 5.73 Å². The Kier molecular flexibility index (Phi) is 8.68. The Labute approximate surface area is 160 Å². The van der Waals surface area contributed by atoms with Gasteiger partial charge in [0.2, 0.25) is 10.0 Å². The highest BCUT2D eigenvalue weighted by Gasteiger charge is 2.27. The van der Waals surface area contributed by atoms with E-state index < -0.39 is 10.0 Å². The predicted molar refractivity (Wildman–Crippen MR) is 103 cm³/mol. The molecule has 0 saturated carbocycles. The maximum absolute atomic E-state index is 13.1. The summed E-state index contributed by atoms with van der Waals surface area (Å²) < 4.78 is 32.7. The number of ether oxygens (including phenoxy) is 1. The van der Waals surface area contributed by atoms with Crippen molar-refractivity contribution in [1.82, 2.24) is 4.31 Å². The summed E-state index contributed by atoms with van der Waals surface area (Å²) in [6, 6.07) is 14.0. The summed E-state index contributed by atoms with van der Waals surface area (Å²) >= 11 is 6.13. The molecule has 0 aromatic heterocycles. The second kappa shape index (κ2) is 9.99. The maximum Gasteiger partial charge on any atom is 0.244 e. The van der Waals surface area contributed by atoms with E-state index in [-0.39, 0.29) is 28.9 Å². The Morgan fingerprint density at radius 3 is 2.44 bits per heavy atom. The van der Waals surface area contributed by atoms with Crippen LogP contribution in [0.3, 0.4) is 0 Å². The van der Waals surface area contributed by atoms with Crippen molar-refractivity contribution in [3.63, 3.8) is 0 Å². The number of methoxy groups -OCH3 is 1. The van der Waals surface area contributed by atoms with Gasteiger partial charge in [-0.05, 0) is 30.7 Å². The van der Waals surface area contributed by atoms with Crippen molar-refractivity contribution in [1.29, 1.82) is 0 Å². The average molecular weight is 405 g/mol. The Morgan fingerprint density at radius 1 is 1.16 bits per heavy atom. The molecular formula is C17H22Cl2N2O3S. The minimum Gasteiger partial charge on any atom is -0.497 e. The number of benzene rings is 2. The molecular weight excluding hydrogens is 383 g/mol. The fourth-order valence-electron chi connectivity index (χ4n) is 2.29. The first-order chi connectivity index (χ1) is 11.5. The molecule has 0 aliphatic rings. The first kappa shape index (κ1) is 21.7. The lowest BCUT2D eigenvalue weighted by molar-refractivity contribution is 0.398. The third-order valence-electron chi connectivity index (χ3n) is 3.57. The Morgan fingerprint density at radius 2 is 1.84 bits per heavy atom. The third-order valence-corrected chi connectivity index (χ3v) is 5.90. The normalized spacial score (nSPS) is 11.2. The van der Waals surface area contributed by atoms with Crippen LogP contribution in [0.1, 0.15) is 12.0 Å². The fourth-order valence-corrected chi connectivity index (χ4v) is 4.24. The molecule has 2 N–H and O–H groups in total. The van der Waals surface area contributed by atoms with Gasteiger partial charge in [-0.2, -0.15) is 4.31 Å². The highest BCUT2D eigenvalue weighted by molar-refractivity contribution is 7.89. The lowest BCUT2D eigenvalue weighted by atomic mass is 10.2. The van der Waals surface area contributed by atoms with Crippen molar-refractivity contribution in [3.8, 4) is 5.75 Å². The van der Waals surface area contributed by atoms with E-state index in [0.29, 0.717) is 25.3 Å². The van der Waals surface area contributed by atoms with Crippen LogP contribution in [0, 0.1) is 0 Å². The van der Waals surface area contributed by atoms with Gasteiger partial charge in [0, 0.05) is 19.2 Å². The van der Waals surface area contributed by atoms with Gasteiger partial charge in [0.05, 0.1) is 12.1 Å². The number of hydrogen-bond donors (Lipinski definition) is 1. The molecule has 0 fully saturated rings. The zero-order chi connectivity index (χ0) is 17.6. The van der Waals surface area contributed by atoms with Crippen molar-refractivity contribution in [2.45, 2.75) is 17.9 Å². The summed E-state index contributed by atoms with van der Waals surface area (Å²) in [4.78, 5) is 0.0384. The Bertz CT molecular complexity index is 771. The van der Waals surface area contributed by atoms with Crippen LogP contribution >= 0.6 is 24.0 Å². The summed E-state index contributed by atoms with van der Waals surface area (Å²) in [5.41, 5.74) is 6.46. The summed E-state index contributed by atoms with van der Waals surface area (Å²) in [7, 11) is -2.29. The van der Waals surface area contributed by atoms with Crippen molar-refractivity contribution < 1.29 is 13.2 Å². The second-order valence-electron chi connectivity index (χ2n) is 5.26. The molecule has 0 saturated heterocycles. The van der Waals surface area contributed by atoms with Crippen LogP contribution in [-0.2, 0) is 16.6 Å². The van der Waals surface area contributed by atoms with Gasteiger partial charge in [-0.1, -0.05) is 41.9 Å². The minimum absolute atomic E-state index is 0. The standard InChI is InChI=1S/C17H21ClN2O3S.ClH/c1-23-15-8-9-16(18)17(12-15)24(21,22)20(11-5-10-19)13-14-6-3-2-4-7-14;/h2-4,6-9,12H,5,10-11,13,19H2,1H3;1H. The largest absolute Gasteiger partial charge is 0.497 e. The lowest BCUT2D eigenvalue weighted by Crippen LogP contribution is -2.32. The molecule has 0 bridgehead atoms. The van der Waals surface area contributed by atoms with Gasteiger partial charge in [0.1, 0.15) is 10.6 Å². The van der Waals surface area contributed by atoms with E-state index in [0.717, 1.165) is 5.56 Å². The molecule has 8 heteroatoms. The van der Waals surface area contributed by atoms with E-state index >= 15 is 0 Å². The van der Waals surface area contributed by atoms with Crippen LogP contribution in [0.25, 0.3) is 0 Å². The first-order valence-corrected chi connectivity index (χ1v) is 9.38. The Hall–Kier alpha value is -1.31. The monoisotopic (exact) mass is 404 g/mol. The van der Waals surface area contributed by atoms with E-state index in [4.69, 9.17) is 22.1 Å². The fraction of sp³-hybridized carbons (Fsp3) is 0.294. The molecule has 138 valence electrons. The SMILES string of the molecule is COc1ccc(Cl)c(S(=O)(=O)N(CCCN)Cc2ccccc2)c1.Cl. The van der Waals surface area contributed by atoms with E-state index in [1.165, 1.54) is 23.5 Å². The van der Waals surface area contributed by atoms with E-state index in [1.54, 1.807) is 6.07 Å². The number of hydrogen-bond acceptors (Lipinski definition) is 4. The molecule has 0 aliphatic carbocycles. The molecule has 2 aromatic rings. The van der Waals surface area contributed by atoms with Crippen molar-refractivity contribution in [2.75, 3.05) is 20.2 Å². The van der Waals surface area contributed by atoms with E-state index in [2.05, 4.69) is 0 Å². The van der Waals surface area contributed by atoms with Gasteiger partial charge in [-0.25, -0.2) is 8.42 Å². The second-order valence-corrected chi connectivity index (χ2v) is 7.58. The molecule has 0 radical (unpaired) electrons. The molecule has 0 heterocycles. The molecule has 5 nitrogen and oxygen atoms in total. The van der Waals surface area contributed by atoms with Crippen LogP contribution in [0.4, 0.5) is 0 Å². The van der Waals surface area contributed by atoms with Crippen LogP contribution in [0.2, 0.25) is 5.02 Å². The van der Waals surface area contributed by atoms with Gasteiger partial charge in [0.25, 0.3) is 0 Å². The third kappa shape index (κ3) is 5.59. The average Bonchev–Trinajstić information content (AvgIpc) is 2.59. The Balaban J connectivity index is 0.00000312. The number of rotatable bonds is 8. The van der Waals surface area contributed by atoms with Crippen molar-refractivity contribution >= 4 is 34.0 Å². The first-order valence-electron chi connectivity index (χ1n) is 7.56. The zero-order valence-corrected chi connectivity index (χ0v) is 16.3. The van der Waals surface area contributed by atoms with E-state index in [9.17, 15) is 8.42 Å². The van der Waals surface area contributed by atoms with Gasteiger partial charge in [-0.15, -0.1) is 12.4 Å². The van der Waals surface area contributed by atoms with Gasteiger partial charge in [-0.3, -0.25) is 0 Å². The molecule has 2 aromatic carbocycles. The molecule has 2 rings (SSSR count). The number of nitrogens with two attached hydrogens (primary N) is 1. The molecule has 25 heavy (non-hydrogen) atoms. The quantitative estimate of drug-likeness (QED) is 0.732.